The van der Waals surface area contributed by atoms with E-state index in [1.54, 1.807) is 31.2 Å². The van der Waals surface area contributed by atoms with Crippen molar-refractivity contribution in [2.75, 3.05) is 22.5 Å². The maximum atomic E-state index is 12.9. The molecule has 0 radical (unpaired) electrons. The fourth-order valence-electron chi connectivity index (χ4n) is 10.5. The minimum atomic E-state index is -4.90. The van der Waals surface area contributed by atoms with Gasteiger partial charge in [0.15, 0.2) is 47.8 Å². The minimum Gasteiger partial charge on any atom is -0.376 e. The molecule has 0 saturated heterocycles. The molecule has 7 fully saturated rings. The lowest BCUT2D eigenvalue weighted by atomic mass is 9.96. The van der Waals surface area contributed by atoms with E-state index in [0.29, 0.717) is 84.4 Å². The monoisotopic (exact) mass is 2150 g/mol. The standard InChI is InChI=1S/C16H13F3N2O3S2.C16H13F3N2OS2.C15H15F3N2OS2.C9H9F3OS.C6H7BrN2S.C6H8N2S.C5H7BrO.C5H8O.2CH4.Br2/c1-15(22,16(17,18)19)10-4-6-11(7-5-10)26(23,24)14-13(9-2-3-9)21-12(8-20)25-14;1-15(22,16(17,18)19)10-4-6-11(7-5-10)23-14-13(9-2-3-9)21-12(8-20)24-14;1-14(21,15(16,17)18)9-4-6-10(7-5-9)22-12-11(8-2-3-8)20-13(19)23-12;1-8(13,9(10,11)12)6-2-4-7(14)5-3-6;7-5-4(3-1-2-3)9-6(8)10-5;7-6-8-5(3-9-6)4-1-2-4;6-3-5(7)4-1-2-4;1-4(6)5-2-3-5;;;1-2/h4-7,9,22H,2-3H2,1H3;4-7,9,22H,2-3H2,1H3;4-8,21H,2-3H2,1H3,(H2,19,20);2-5,13-14H,1H3;3H,1-2H2,(H2,8,9);3-4H,1-2H2,(H2,7,8);4H,1-3H2;5H,2-3H2,1H3;2*1H4;. The number of rotatable bonds is 18. The molecule has 0 amide bonds. The average Bonchev–Trinajstić information content (AvgIpc) is 1.52. The summed E-state index contributed by atoms with van der Waals surface area (Å²) in [7, 11) is -4.02. The van der Waals surface area contributed by atoms with Crippen LogP contribution in [0.25, 0.3) is 0 Å². The van der Waals surface area contributed by atoms with Crippen molar-refractivity contribution >= 4 is 190 Å². The smallest absolute Gasteiger partial charge is 0.376 e. The molecule has 7 aliphatic rings. The van der Waals surface area contributed by atoms with Crippen LogP contribution in [-0.4, -0.2) is 95.4 Å². The number of carbonyl (C=O) groups is 2. The van der Waals surface area contributed by atoms with Gasteiger partial charge in [-0.3, -0.25) is 9.59 Å². The Bertz CT molecular complexity index is 5180. The molecule has 10 N–H and O–H groups in total. The molecule has 4 atom stereocenters. The maximum Gasteiger partial charge on any atom is 0.421 e. The molecule has 672 valence electrons. The molecule has 0 aliphatic heterocycles. The van der Waals surface area contributed by atoms with E-state index in [-0.39, 0.29) is 51.6 Å². The van der Waals surface area contributed by atoms with E-state index in [1.165, 1.54) is 154 Å². The highest BCUT2D eigenvalue weighted by atomic mass is 80.9. The number of hydrogen-bond donors (Lipinski definition) is 8. The number of nitrogens with zero attached hydrogens (tertiary/aromatic N) is 7. The van der Waals surface area contributed by atoms with Crippen LogP contribution in [0, 0.1) is 34.5 Å². The van der Waals surface area contributed by atoms with Gasteiger partial charge in [-0.25, -0.2) is 33.3 Å². The Morgan fingerprint density at radius 1 is 0.488 bits per heavy atom. The van der Waals surface area contributed by atoms with Gasteiger partial charge in [0.1, 0.15) is 27.9 Å². The quantitative estimate of drug-likeness (QED) is 0.0225. The number of aliphatic hydroxyl groups is 4. The van der Waals surface area contributed by atoms with Crippen molar-refractivity contribution in [3.8, 4) is 12.1 Å². The van der Waals surface area contributed by atoms with Crippen LogP contribution in [-0.2, 0) is 41.8 Å². The molecular weight excluding hydrogens is 2070 g/mol. The lowest BCUT2D eigenvalue weighted by molar-refractivity contribution is -0.259. The fraction of sp³-hybridized carbons (Fsp3) is 0.463. The molecule has 7 aliphatic carbocycles. The van der Waals surface area contributed by atoms with E-state index < -0.39 is 62.5 Å². The second-order valence-corrected chi connectivity index (χ2v) is 41.6. The molecular formula is C80H88Br4F12N10O8S9. The lowest BCUT2D eigenvalue weighted by Gasteiger charge is -2.26. The van der Waals surface area contributed by atoms with Gasteiger partial charge >= 0.3 is 24.7 Å². The first-order valence-electron chi connectivity index (χ1n) is 36.7. The predicted molar refractivity (Wildman–Crippen MR) is 476 cm³/mol. The van der Waals surface area contributed by atoms with Gasteiger partial charge in [-0.2, -0.15) is 63.2 Å². The Labute approximate surface area is 771 Å². The van der Waals surface area contributed by atoms with Gasteiger partial charge in [-0.05, 0) is 211 Å². The number of thiazole rings is 5. The van der Waals surface area contributed by atoms with Crippen LogP contribution in [0.4, 0.5) is 68.1 Å². The van der Waals surface area contributed by atoms with Crippen molar-refractivity contribution in [1.82, 2.24) is 24.9 Å². The molecule has 43 heteroatoms. The van der Waals surface area contributed by atoms with E-state index >= 15 is 0 Å². The minimum absolute atomic E-state index is 0. The van der Waals surface area contributed by atoms with E-state index in [4.69, 9.17) is 27.7 Å². The number of halogens is 16. The first kappa shape index (κ1) is 106. The normalized spacial score (nSPS) is 17.3. The molecule has 9 aromatic rings. The summed E-state index contributed by atoms with van der Waals surface area (Å²) in [5, 5.41) is 61.2. The first-order valence-corrected chi connectivity index (χ1v) is 50.1. The highest BCUT2D eigenvalue weighted by molar-refractivity contribution is 9.93. The average molecular weight is 2150 g/mol. The van der Waals surface area contributed by atoms with Gasteiger partial charge in [-0.1, -0.05) is 148 Å². The lowest BCUT2D eigenvalue weighted by Crippen LogP contribution is -2.39. The predicted octanol–water partition coefficient (Wildman–Crippen LogP) is 24.9. The van der Waals surface area contributed by atoms with Gasteiger partial charge in [0.05, 0.1) is 50.9 Å². The summed E-state index contributed by atoms with van der Waals surface area (Å²) in [5.41, 5.74) is 8.68. The van der Waals surface area contributed by atoms with Crippen LogP contribution in [0.15, 0.2) is 138 Å². The van der Waals surface area contributed by atoms with Gasteiger partial charge in [-0.15, -0.1) is 24.0 Å². The van der Waals surface area contributed by atoms with E-state index in [9.17, 15) is 91.1 Å². The van der Waals surface area contributed by atoms with Crippen molar-refractivity contribution in [2.45, 2.75) is 248 Å². The van der Waals surface area contributed by atoms with E-state index in [2.05, 4.69) is 103 Å². The van der Waals surface area contributed by atoms with Crippen LogP contribution in [0.5, 0.6) is 0 Å². The molecule has 4 unspecified atom stereocenters. The number of alkyl halides is 13. The number of benzene rings is 4. The second kappa shape index (κ2) is 44.3. The summed E-state index contributed by atoms with van der Waals surface area (Å²) in [6, 6.07) is 24.4. The van der Waals surface area contributed by atoms with Crippen LogP contribution in [0.1, 0.15) is 230 Å². The number of sulfone groups is 1. The van der Waals surface area contributed by atoms with Crippen LogP contribution < -0.4 is 17.2 Å². The van der Waals surface area contributed by atoms with Gasteiger partial charge in [0.25, 0.3) is 0 Å². The number of nitrogen functional groups attached to an aromatic ring is 3. The number of thiol groups is 1. The second-order valence-electron chi connectivity index (χ2n) is 29.4. The van der Waals surface area contributed by atoms with Crippen molar-refractivity contribution in [3.63, 3.8) is 0 Å². The number of hydrogen-bond acceptors (Lipinski definition) is 26. The highest BCUT2D eigenvalue weighted by Gasteiger charge is 2.54. The number of Topliss-reactive ketones (excluding diaryl/α,β-unsaturated/α-hetero) is 2. The third-order valence-electron chi connectivity index (χ3n) is 19.3. The Morgan fingerprint density at radius 2 is 0.821 bits per heavy atom. The Morgan fingerprint density at radius 3 is 1.14 bits per heavy atom. The molecule has 5 heterocycles. The molecule has 5 aromatic heterocycles. The zero-order valence-corrected chi connectivity index (χ0v) is 78.3. The molecule has 16 rings (SSSR count). The summed E-state index contributed by atoms with van der Waals surface area (Å²) in [6.07, 6.45) is -3.42. The van der Waals surface area contributed by atoms with Gasteiger partial charge < -0.3 is 37.6 Å². The number of nitriles is 2. The van der Waals surface area contributed by atoms with Crippen molar-refractivity contribution < 1.29 is 91.1 Å². The molecule has 4 aromatic carbocycles. The number of carbonyl (C=O) groups excluding carboxylic acids is 2. The topological polar surface area (TPSA) is 339 Å². The number of aromatic nitrogens is 5. The Hall–Kier alpha value is -5.33. The number of anilines is 3. The van der Waals surface area contributed by atoms with Crippen LogP contribution in [0.2, 0.25) is 0 Å². The highest BCUT2D eigenvalue weighted by Crippen LogP contribution is 2.52. The summed E-state index contributed by atoms with van der Waals surface area (Å²) in [6.45, 7) is 4.48. The van der Waals surface area contributed by atoms with Crippen molar-refractivity contribution in [1.29, 1.82) is 10.5 Å². The molecule has 7 saturated carbocycles. The Balaban J connectivity index is 0.000000226. The largest absolute Gasteiger partial charge is 0.421 e. The third-order valence-corrected chi connectivity index (χ3v) is 29.9. The van der Waals surface area contributed by atoms with Crippen LogP contribution in [0.3, 0.4) is 0 Å². The van der Waals surface area contributed by atoms with Gasteiger partial charge in [0.2, 0.25) is 9.84 Å². The number of ketones is 2. The molecule has 0 spiro atoms. The zero-order valence-electron chi connectivity index (χ0n) is 64.5. The van der Waals surface area contributed by atoms with Crippen molar-refractivity contribution in [2.24, 2.45) is 11.8 Å². The first-order chi connectivity index (χ1) is 56.4. The molecule has 123 heavy (non-hydrogen) atoms. The summed E-state index contributed by atoms with van der Waals surface area (Å²) < 4.78 is 182. The van der Waals surface area contributed by atoms with Crippen molar-refractivity contribution in [3.05, 3.63) is 167 Å². The summed E-state index contributed by atoms with van der Waals surface area (Å²) in [5.74, 6) is 3.91. The number of nitrogens with two attached hydrogens (primary N) is 3. The SMILES string of the molecule is BrBr.C.C.CC(=O)C1CC1.CC(O)(c1ccc(S(=O)(=O)c2sc(C#N)nc2C2CC2)cc1)C(F)(F)F.CC(O)(c1ccc(S)cc1)C(F)(F)F.CC(O)(c1ccc(Sc2sc(C#N)nc2C2CC2)cc1)C(F)(F)F.CC(O)(c1ccc(Sc2sc(N)nc2C2CC2)cc1)C(F)(F)F.Nc1nc(C2CC2)c(Br)s1.Nc1nc(C2CC2)cs1.O=C(CBr)C1CC1. The summed E-state index contributed by atoms with van der Waals surface area (Å²) >= 11 is 25.3. The maximum absolute atomic E-state index is 12.9. The van der Waals surface area contributed by atoms with E-state index in [1.807, 2.05) is 12.1 Å². The summed E-state index contributed by atoms with van der Waals surface area (Å²) in [4.78, 5) is 43.7. The Kier molecular flexibility index (Phi) is 38.4. The fourth-order valence-corrected chi connectivity index (χ4v) is 20.5. The third kappa shape index (κ3) is 29.9. The zero-order chi connectivity index (χ0) is 89.9. The van der Waals surface area contributed by atoms with Gasteiger partial charge in [0, 0.05) is 89.7 Å². The molecule has 18 nitrogen and oxygen atoms in total. The van der Waals surface area contributed by atoms with Crippen LogP contribution >= 0.6 is 153 Å². The molecule has 0 bridgehead atoms. The van der Waals surface area contributed by atoms with E-state index in [0.717, 1.165) is 160 Å².